The van der Waals surface area contributed by atoms with E-state index in [9.17, 15) is 19.5 Å². The third-order valence-corrected chi connectivity index (χ3v) is 10.8. The van der Waals surface area contributed by atoms with Gasteiger partial charge in [-0.1, -0.05) is 24.3 Å². The summed E-state index contributed by atoms with van der Waals surface area (Å²) in [4.78, 5) is 39.8. The van der Waals surface area contributed by atoms with Crippen molar-refractivity contribution in [3.63, 3.8) is 0 Å². The number of ether oxygens (including phenoxy) is 2. The van der Waals surface area contributed by atoms with Gasteiger partial charge in [0.05, 0.1) is 17.5 Å². The average molecular weight is 564 g/mol. The summed E-state index contributed by atoms with van der Waals surface area (Å²) in [6, 6.07) is 12.8. The molecule has 0 unspecified atom stereocenters. The second-order valence-corrected chi connectivity index (χ2v) is 15.2. The van der Waals surface area contributed by atoms with E-state index < -0.39 is 20.0 Å². The number of hydrogen-bond acceptors (Lipinski definition) is 8. The van der Waals surface area contributed by atoms with Crippen molar-refractivity contribution < 1.29 is 29.0 Å². The van der Waals surface area contributed by atoms with Crippen molar-refractivity contribution in [3.8, 4) is 5.75 Å². The van der Waals surface area contributed by atoms with Crippen molar-refractivity contribution in [3.05, 3.63) is 59.9 Å². The Labute approximate surface area is 232 Å². The minimum Gasteiger partial charge on any atom is -0.482 e. The van der Waals surface area contributed by atoms with Gasteiger partial charge in [0.1, 0.15) is 5.75 Å². The molecule has 0 radical (unpaired) electrons. The summed E-state index contributed by atoms with van der Waals surface area (Å²) < 4.78 is 14.1. The summed E-state index contributed by atoms with van der Waals surface area (Å²) in [6.07, 6.45) is 2.34. The number of rotatable bonds is 7. The molecule has 1 spiro atoms. The Kier molecular flexibility index (Phi) is 6.53. The van der Waals surface area contributed by atoms with E-state index >= 15 is 0 Å². The van der Waals surface area contributed by atoms with Crippen LogP contribution in [-0.2, 0) is 32.9 Å². The predicted octanol–water partition coefficient (Wildman–Crippen LogP) is 2.71. The standard InChI is InChI=1S/C28H33N5O6Si/c1-17-26(40(2,3)37)24(10-12-32-15-18(11-13-34)30-31-32)39-28(17)20-14-19(8-9-21(20)29-27(28)36)33-22-6-4-5-7-23(22)38-16-25(33)35/h4-9,14-15,17,24,26,34,37H,10-13,16H2,1-3H3,(H,29,36)/t17-,24+,26-,28+/m0/s1. The Morgan fingerprint density at radius 3 is 2.77 bits per heavy atom. The van der Waals surface area contributed by atoms with Crippen LogP contribution in [0.15, 0.2) is 48.7 Å². The largest absolute Gasteiger partial charge is 0.482 e. The highest BCUT2D eigenvalue weighted by Gasteiger charge is 2.64. The molecular weight excluding hydrogens is 530 g/mol. The highest BCUT2D eigenvalue weighted by Crippen LogP contribution is 2.59. The van der Waals surface area contributed by atoms with Gasteiger partial charge in [-0.15, -0.1) is 5.10 Å². The molecule has 1 saturated heterocycles. The summed E-state index contributed by atoms with van der Waals surface area (Å²) in [5.41, 5.74) is 1.70. The van der Waals surface area contributed by atoms with Crippen molar-refractivity contribution >= 4 is 37.2 Å². The fourth-order valence-corrected chi connectivity index (χ4v) is 9.22. The molecule has 210 valence electrons. The lowest BCUT2D eigenvalue weighted by Crippen LogP contribution is -2.43. The predicted molar refractivity (Wildman–Crippen MR) is 149 cm³/mol. The smallest absolute Gasteiger partial charge is 0.269 e. The summed E-state index contributed by atoms with van der Waals surface area (Å²) in [5.74, 6) is -0.189. The van der Waals surface area contributed by atoms with Gasteiger partial charge < -0.3 is 24.7 Å². The molecule has 0 bridgehead atoms. The van der Waals surface area contributed by atoms with Crippen LogP contribution in [0, 0.1) is 5.92 Å². The summed E-state index contributed by atoms with van der Waals surface area (Å²) in [6.45, 7) is 6.13. The van der Waals surface area contributed by atoms with Crippen LogP contribution in [0.3, 0.4) is 0 Å². The highest BCUT2D eigenvalue weighted by molar-refractivity contribution is 6.71. The lowest BCUT2D eigenvalue weighted by atomic mass is 9.82. The van der Waals surface area contributed by atoms with Crippen molar-refractivity contribution in [2.24, 2.45) is 5.92 Å². The molecule has 40 heavy (non-hydrogen) atoms. The molecule has 4 atom stereocenters. The number of aliphatic hydroxyl groups is 1. The number of hydrogen-bond donors (Lipinski definition) is 3. The molecule has 0 saturated carbocycles. The number of nitrogens with zero attached hydrogens (tertiary/aromatic N) is 4. The second-order valence-electron chi connectivity index (χ2n) is 11.3. The fraction of sp³-hybridized carbons (Fsp3) is 0.429. The Morgan fingerprint density at radius 1 is 1.20 bits per heavy atom. The number of fused-ring (bicyclic) bond motifs is 3. The Bertz CT molecular complexity index is 1470. The number of amides is 2. The number of benzene rings is 2. The quantitative estimate of drug-likeness (QED) is 0.373. The summed E-state index contributed by atoms with van der Waals surface area (Å²) >= 11 is 0. The van der Waals surface area contributed by atoms with E-state index in [1.54, 1.807) is 21.8 Å². The van der Waals surface area contributed by atoms with Crippen LogP contribution in [0.1, 0.15) is 24.6 Å². The molecule has 1 aromatic heterocycles. The van der Waals surface area contributed by atoms with Gasteiger partial charge >= 0.3 is 0 Å². The van der Waals surface area contributed by atoms with Gasteiger partial charge in [0.15, 0.2) is 20.5 Å². The third-order valence-electron chi connectivity index (χ3n) is 8.28. The van der Waals surface area contributed by atoms with Crippen LogP contribution in [0.25, 0.3) is 0 Å². The molecule has 12 heteroatoms. The van der Waals surface area contributed by atoms with Gasteiger partial charge in [0, 0.05) is 54.2 Å². The van der Waals surface area contributed by atoms with Gasteiger partial charge in [0.2, 0.25) is 0 Å². The number of anilines is 3. The number of carbonyl (C=O) groups excluding carboxylic acids is 2. The van der Waals surface area contributed by atoms with Crippen molar-refractivity contribution in [2.45, 2.75) is 56.7 Å². The first kappa shape index (κ1) is 26.6. The molecule has 4 heterocycles. The molecule has 3 aromatic rings. The van der Waals surface area contributed by atoms with E-state index in [0.717, 1.165) is 0 Å². The molecule has 1 fully saturated rings. The minimum absolute atomic E-state index is 0.00498. The van der Waals surface area contributed by atoms with E-state index in [0.29, 0.717) is 53.5 Å². The topological polar surface area (TPSA) is 139 Å². The number of nitrogens with one attached hydrogen (secondary N) is 1. The monoisotopic (exact) mass is 563 g/mol. The summed E-state index contributed by atoms with van der Waals surface area (Å²) in [5, 5.41) is 20.4. The Hall–Kier alpha value is -3.58. The molecule has 6 rings (SSSR count). The van der Waals surface area contributed by atoms with E-state index in [2.05, 4.69) is 15.6 Å². The van der Waals surface area contributed by atoms with Gasteiger partial charge in [-0.3, -0.25) is 19.2 Å². The first-order chi connectivity index (χ1) is 19.1. The van der Waals surface area contributed by atoms with Crippen LogP contribution >= 0.6 is 0 Å². The minimum atomic E-state index is -2.81. The van der Waals surface area contributed by atoms with E-state index in [-0.39, 0.29) is 36.5 Å². The maximum absolute atomic E-state index is 13.7. The highest BCUT2D eigenvalue weighted by atomic mass is 28.4. The van der Waals surface area contributed by atoms with Gasteiger partial charge in [-0.2, -0.15) is 0 Å². The summed E-state index contributed by atoms with van der Waals surface area (Å²) in [7, 11) is -2.81. The number of aromatic nitrogens is 3. The maximum atomic E-state index is 13.7. The van der Waals surface area contributed by atoms with Crippen LogP contribution in [0.2, 0.25) is 18.6 Å². The first-order valence-electron chi connectivity index (χ1n) is 13.5. The normalized spacial score (nSPS) is 25.6. The second kappa shape index (κ2) is 9.80. The molecule has 3 aliphatic rings. The number of aliphatic hydroxyl groups excluding tert-OH is 1. The zero-order valence-corrected chi connectivity index (χ0v) is 23.7. The zero-order valence-electron chi connectivity index (χ0n) is 22.7. The van der Waals surface area contributed by atoms with Gasteiger partial charge in [-0.05, 0) is 49.8 Å². The Balaban J connectivity index is 1.36. The third kappa shape index (κ3) is 4.22. The molecular formula is C28H33N5O6Si. The first-order valence-corrected chi connectivity index (χ1v) is 16.6. The average Bonchev–Trinajstić information content (AvgIpc) is 3.57. The molecule has 2 amide bonds. The number of carbonyl (C=O) groups is 2. The van der Waals surface area contributed by atoms with Crippen LogP contribution in [-0.4, -0.2) is 64.3 Å². The number of para-hydroxylation sites is 2. The van der Waals surface area contributed by atoms with Gasteiger partial charge in [0.25, 0.3) is 11.8 Å². The SMILES string of the molecule is C[C@H]1[C@H]([Si](C)(C)O)[C@@H](CCn2cc(CCO)nn2)O[C@]12C(=O)Nc1ccc(N3C(=O)COc4ccccc43)cc12. The van der Waals surface area contributed by atoms with Crippen LogP contribution in [0.4, 0.5) is 17.1 Å². The van der Waals surface area contributed by atoms with E-state index in [1.165, 1.54) is 0 Å². The molecule has 3 N–H and O–H groups in total. The molecule has 11 nitrogen and oxygen atoms in total. The van der Waals surface area contributed by atoms with E-state index in [4.69, 9.17) is 9.47 Å². The van der Waals surface area contributed by atoms with Gasteiger partial charge in [-0.25, -0.2) is 0 Å². The van der Waals surface area contributed by atoms with Crippen molar-refractivity contribution in [1.29, 1.82) is 0 Å². The zero-order chi connectivity index (χ0) is 28.2. The van der Waals surface area contributed by atoms with Crippen LogP contribution in [0.5, 0.6) is 5.75 Å². The maximum Gasteiger partial charge on any atom is 0.269 e. The van der Waals surface area contributed by atoms with Crippen LogP contribution < -0.4 is 15.0 Å². The number of aryl methyl sites for hydroxylation is 1. The molecule has 3 aliphatic heterocycles. The van der Waals surface area contributed by atoms with E-state index in [1.807, 2.05) is 56.4 Å². The Morgan fingerprint density at radius 2 is 2.00 bits per heavy atom. The molecule has 0 aliphatic carbocycles. The fourth-order valence-electron chi connectivity index (χ4n) is 6.62. The van der Waals surface area contributed by atoms with Crippen molar-refractivity contribution in [1.82, 2.24) is 15.0 Å². The molecule has 2 aromatic carbocycles. The lowest BCUT2D eigenvalue weighted by molar-refractivity contribution is -0.143. The lowest BCUT2D eigenvalue weighted by Gasteiger charge is -2.33. The van der Waals surface area contributed by atoms with Crippen molar-refractivity contribution in [2.75, 3.05) is 23.4 Å².